The van der Waals surface area contributed by atoms with Crippen LogP contribution in [0, 0.1) is 12.8 Å². The van der Waals surface area contributed by atoms with Gasteiger partial charge in [-0.1, -0.05) is 37.3 Å². The van der Waals surface area contributed by atoms with Gasteiger partial charge >= 0.3 is 6.18 Å². The number of anilines is 1. The maximum absolute atomic E-state index is 14.5. The highest BCUT2D eigenvalue weighted by atomic mass is 19.4. The van der Waals surface area contributed by atoms with Crippen molar-refractivity contribution < 1.29 is 31.2 Å². The number of hydrogen-bond donors (Lipinski definition) is 1. The summed E-state index contributed by atoms with van der Waals surface area (Å²) in [5.41, 5.74) is -0.665. The maximum atomic E-state index is 14.5. The summed E-state index contributed by atoms with van der Waals surface area (Å²) in [6.07, 6.45) is -3.60. The van der Waals surface area contributed by atoms with Crippen LogP contribution in [0.25, 0.3) is 11.3 Å². The number of nitrogens with zero attached hydrogens (tertiary/aromatic N) is 4. The van der Waals surface area contributed by atoms with Crippen molar-refractivity contribution in [2.75, 3.05) is 18.4 Å². The second-order valence-electron chi connectivity index (χ2n) is 8.48. The third-order valence-electron chi connectivity index (χ3n) is 5.75. The smallest absolute Gasteiger partial charge is 0.434 e. The summed E-state index contributed by atoms with van der Waals surface area (Å²) in [5, 5.41) is 2.82. The van der Waals surface area contributed by atoms with E-state index in [-0.39, 0.29) is 29.7 Å². The number of alkyl halides is 5. The van der Waals surface area contributed by atoms with Gasteiger partial charge in [0.2, 0.25) is 0 Å². The van der Waals surface area contributed by atoms with E-state index in [4.69, 9.17) is 4.42 Å². The standard InChI is InChI=1S/C23H22F5N5O2/c1-13-8-22(24,25)12-33(16(13)9-30-18-11-29-17(10-31-18)23(26,27)28)21(34)19-20(35-14(2)32-19)15-6-4-3-5-7-15/h3-7,10-11,13,16H,8-9,12H2,1-2H3,(H,30,31)/t13-,16-/m1/s1. The molecule has 2 aromatic heterocycles. The zero-order valence-corrected chi connectivity index (χ0v) is 18.8. The maximum Gasteiger partial charge on any atom is 0.434 e. The van der Waals surface area contributed by atoms with Crippen LogP contribution in [0.4, 0.5) is 27.8 Å². The van der Waals surface area contributed by atoms with Crippen molar-refractivity contribution in [1.82, 2.24) is 19.9 Å². The first kappa shape index (κ1) is 24.6. The van der Waals surface area contributed by atoms with E-state index < -0.39 is 48.6 Å². The van der Waals surface area contributed by atoms with E-state index in [1.807, 2.05) is 0 Å². The monoisotopic (exact) mass is 495 g/mol. The predicted octanol–water partition coefficient (Wildman–Crippen LogP) is 5.06. The lowest BCUT2D eigenvalue weighted by Gasteiger charge is -2.43. The molecule has 1 aliphatic rings. The molecule has 0 aliphatic carbocycles. The number of aryl methyl sites for hydroxylation is 1. The lowest BCUT2D eigenvalue weighted by Crippen LogP contribution is -2.57. The first-order valence-corrected chi connectivity index (χ1v) is 10.8. The van der Waals surface area contributed by atoms with Crippen LogP contribution in [0.3, 0.4) is 0 Å². The van der Waals surface area contributed by atoms with Gasteiger partial charge in [-0.15, -0.1) is 0 Å². The number of halogens is 5. The first-order valence-electron chi connectivity index (χ1n) is 10.8. The average Bonchev–Trinajstić information content (AvgIpc) is 3.19. The van der Waals surface area contributed by atoms with E-state index in [9.17, 15) is 26.7 Å². The average molecular weight is 495 g/mol. The first-order chi connectivity index (χ1) is 16.4. The zero-order chi connectivity index (χ0) is 25.4. The summed E-state index contributed by atoms with van der Waals surface area (Å²) in [4.78, 5) is 25.7. The minimum Gasteiger partial charge on any atom is -0.440 e. The highest BCUT2D eigenvalue weighted by Gasteiger charge is 2.47. The third-order valence-corrected chi connectivity index (χ3v) is 5.75. The van der Waals surface area contributed by atoms with Crippen LogP contribution in [0.1, 0.15) is 35.4 Å². The molecule has 1 aliphatic heterocycles. The number of aromatic nitrogens is 3. The summed E-state index contributed by atoms with van der Waals surface area (Å²) in [6.45, 7) is 2.28. The molecular weight excluding hydrogens is 473 g/mol. The highest BCUT2D eigenvalue weighted by Crippen LogP contribution is 2.36. The Labute approximate surface area is 197 Å². The molecule has 2 atom stereocenters. The van der Waals surface area contributed by atoms with Gasteiger partial charge in [0.15, 0.2) is 23.0 Å². The number of carbonyl (C=O) groups is 1. The Balaban J connectivity index is 1.60. The molecule has 3 heterocycles. The number of amides is 1. The Morgan fingerprint density at radius 1 is 1.20 bits per heavy atom. The molecule has 7 nitrogen and oxygen atoms in total. The second kappa shape index (κ2) is 9.23. The molecule has 1 aromatic carbocycles. The van der Waals surface area contributed by atoms with E-state index in [0.29, 0.717) is 11.8 Å². The Morgan fingerprint density at radius 3 is 2.54 bits per heavy atom. The molecule has 1 amide bonds. The fraction of sp³-hybridized carbons (Fsp3) is 0.391. The van der Waals surface area contributed by atoms with Gasteiger partial charge in [-0.3, -0.25) is 4.79 Å². The second-order valence-corrected chi connectivity index (χ2v) is 8.48. The van der Waals surface area contributed by atoms with E-state index in [0.717, 1.165) is 11.1 Å². The van der Waals surface area contributed by atoms with Crippen LogP contribution in [-0.4, -0.2) is 50.8 Å². The van der Waals surface area contributed by atoms with Crippen LogP contribution in [0.5, 0.6) is 0 Å². The molecule has 3 aromatic rings. The normalized spacial score (nSPS) is 20.0. The Bertz CT molecular complexity index is 1180. The quantitative estimate of drug-likeness (QED) is 0.499. The summed E-state index contributed by atoms with van der Waals surface area (Å²) in [7, 11) is 0. The number of benzene rings is 1. The van der Waals surface area contributed by atoms with E-state index >= 15 is 0 Å². The number of oxazole rings is 1. The number of hydrogen-bond acceptors (Lipinski definition) is 6. The molecule has 0 unspecified atom stereocenters. The lowest BCUT2D eigenvalue weighted by molar-refractivity contribution is -0.141. The van der Waals surface area contributed by atoms with Gasteiger partial charge in [0.05, 0.1) is 25.0 Å². The van der Waals surface area contributed by atoms with E-state index in [1.165, 1.54) is 0 Å². The topological polar surface area (TPSA) is 84.2 Å². The Kier molecular flexibility index (Phi) is 6.48. The molecule has 0 spiro atoms. The number of rotatable bonds is 5. The van der Waals surface area contributed by atoms with Gasteiger partial charge in [0.25, 0.3) is 11.8 Å². The van der Waals surface area contributed by atoms with Gasteiger partial charge in [-0.05, 0) is 5.92 Å². The number of piperidine rings is 1. The molecule has 0 radical (unpaired) electrons. The molecule has 35 heavy (non-hydrogen) atoms. The van der Waals surface area contributed by atoms with Gasteiger partial charge < -0.3 is 14.6 Å². The van der Waals surface area contributed by atoms with Crippen molar-refractivity contribution >= 4 is 11.7 Å². The SMILES string of the molecule is Cc1nc(C(=O)N2CC(F)(F)C[C@@H](C)[C@H]2CNc2cnc(C(F)(F)F)cn2)c(-c2ccccc2)o1. The van der Waals surface area contributed by atoms with Gasteiger partial charge in [0.1, 0.15) is 5.82 Å². The van der Waals surface area contributed by atoms with Crippen molar-refractivity contribution in [3.63, 3.8) is 0 Å². The summed E-state index contributed by atoms with van der Waals surface area (Å²) in [5.74, 6) is -4.07. The van der Waals surface area contributed by atoms with Crippen LogP contribution >= 0.6 is 0 Å². The van der Waals surface area contributed by atoms with Crippen LogP contribution < -0.4 is 5.32 Å². The van der Waals surface area contributed by atoms with E-state index in [2.05, 4.69) is 20.3 Å². The highest BCUT2D eigenvalue weighted by molar-refractivity contribution is 5.98. The number of carbonyl (C=O) groups excluding carboxylic acids is 1. The fourth-order valence-corrected chi connectivity index (χ4v) is 4.15. The predicted molar refractivity (Wildman–Crippen MR) is 116 cm³/mol. The van der Waals surface area contributed by atoms with Crippen molar-refractivity contribution in [1.29, 1.82) is 0 Å². The zero-order valence-electron chi connectivity index (χ0n) is 18.8. The molecule has 1 saturated heterocycles. The van der Waals surface area contributed by atoms with Gasteiger partial charge in [-0.25, -0.2) is 23.7 Å². The molecular formula is C23H22F5N5O2. The minimum absolute atomic E-state index is 0.0252. The summed E-state index contributed by atoms with van der Waals surface area (Å²) < 4.78 is 72.8. The van der Waals surface area contributed by atoms with Crippen LogP contribution in [0.15, 0.2) is 47.1 Å². The Morgan fingerprint density at radius 2 is 1.91 bits per heavy atom. The minimum atomic E-state index is -4.63. The summed E-state index contributed by atoms with van der Waals surface area (Å²) in [6, 6.07) is 7.99. The van der Waals surface area contributed by atoms with Crippen molar-refractivity contribution in [3.8, 4) is 11.3 Å². The van der Waals surface area contributed by atoms with Gasteiger partial charge in [-0.2, -0.15) is 13.2 Å². The summed E-state index contributed by atoms with van der Waals surface area (Å²) >= 11 is 0. The van der Waals surface area contributed by atoms with Crippen molar-refractivity contribution in [3.05, 3.63) is 60.0 Å². The molecule has 1 fully saturated rings. The lowest BCUT2D eigenvalue weighted by atomic mass is 9.88. The van der Waals surface area contributed by atoms with Crippen molar-refractivity contribution in [2.45, 2.75) is 38.4 Å². The number of likely N-dealkylation sites (tertiary alicyclic amines) is 1. The van der Waals surface area contributed by atoms with E-state index in [1.54, 1.807) is 44.2 Å². The molecule has 1 N–H and O–H groups in total. The molecule has 0 saturated carbocycles. The number of nitrogens with one attached hydrogen (secondary N) is 1. The van der Waals surface area contributed by atoms with Gasteiger partial charge in [0, 0.05) is 25.5 Å². The molecule has 0 bridgehead atoms. The molecule has 186 valence electrons. The molecule has 4 rings (SSSR count). The Hall–Kier alpha value is -3.57. The third kappa shape index (κ3) is 5.41. The van der Waals surface area contributed by atoms with Crippen LogP contribution in [0.2, 0.25) is 0 Å². The largest absolute Gasteiger partial charge is 0.440 e. The molecule has 12 heteroatoms. The fourth-order valence-electron chi connectivity index (χ4n) is 4.15. The van der Waals surface area contributed by atoms with Crippen molar-refractivity contribution in [2.24, 2.45) is 5.92 Å². The van der Waals surface area contributed by atoms with Crippen LogP contribution in [-0.2, 0) is 6.18 Å².